The zero-order chi connectivity index (χ0) is 15.4. The number of likely N-dealkylation sites (N-methyl/N-ethyl adjacent to an activating group) is 1. The highest BCUT2D eigenvalue weighted by Gasteiger charge is 2.25. The molecule has 2 rings (SSSR count). The average Bonchev–Trinajstić information content (AvgIpc) is 2.95. The molecule has 7 heteroatoms. The molecule has 1 aliphatic rings. The van der Waals surface area contributed by atoms with Gasteiger partial charge in [0.05, 0.1) is 12.6 Å². The van der Waals surface area contributed by atoms with Crippen molar-refractivity contribution in [3.8, 4) is 0 Å². The van der Waals surface area contributed by atoms with Crippen LogP contribution in [-0.2, 0) is 9.59 Å². The molecule has 0 saturated carbocycles. The van der Waals surface area contributed by atoms with Crippen LogP contribution in [0.25, 0.3) is 0 Å². The van der Waals surface area contributed by atoms with E-state index in [-0.39, 0.29) is 36.8 Å². The van der Waals surface area contributed by atoms with E-state index in [1.807, 2.05) is 25.1 Å². The number of anilines is 1. The summed E-state index contributed by atoms with van der Waals surface area (Å²) in [6, 6.07) is 5.52. The Balaban J connectivity index is 0.00000242. The highest BCUT2D eigenvalue weighted by atomic mass is 79.9. The van der Waals surface area contributed by atoms with Gasteiger partial charge < -0.3 is 15.5 Å². The molecule has 2 N–H and O–H groups in total. The minimum atomic E-state index is -0.186. The predicted octanol–water partition coefficient (Wildman–Crippen LogP) is 2.33. The third kappa shape index (κ3) is 4.97. The van der Waals surface area contributed by atoms with Gasteiger partial charge in [-0.2, -0.15) is 0 Å². The lowest BCUT2D eigenvalue weighted by Gasteiger charge is -2.21. The standard InChI is InChI=1S/C15H20BrN3O2.ClH/c1-10-8-11(16)5-6-12(10)18-14(20)9-19(2)15(21)13-4-3-7-17-13;/h5-6,8,13,17H,3-4,7,9H2,1-2H3,(H,18,20);1H. The summed E-state index contributed by atoms with van der Waals surface area (Å²) < 4.78 is 0.970. The van der Waals surface area contributed by atoms with Gasteiger partial charge in [-0.1, -0.05) is 15.9 Å². The number of carbonyl (C=O) groups excluding carboxylic acids is 2. The highest BCUT2D eigenvalue weighted by molar-refractivity contribution is 9.10. The van der Waals surface area contributed by atoms with Gasteiger partial charge in [0.15, 0.2) is 0 Å². The Labute approximate surface area is 145 Å². The third-order valence-corrected chi connectivity index (χ3v) is 4.07. The molecule has 1 aliphatic heterocycles. The van der Waals surface area contributed by atoms with Crippen LogP contribution in [0.3, 0.4) is 0 Å². The molecule has 2 amide bonds. The zero-order valence-electron chi connectivity index (χ0n) is 12.7. The van der Waals surface area contributed by atoms with Crippen LogP contribution in [0.2, 0.25) is 0 Å². The van der Waals surface area contributed by atoms with E-state index in [9.17, 15) is 9.59 Å². The largest absolute Gasteiger partial charge is 0.335 e. The second kappa shape index (κ2) is 8.50. The number of amides is 2. The van der Waals surface area contributed by atoms with Crippen molar-refractivity contribution in [3.05, 3.63) is 28.2 Å². The first kappa shape index (κ1) is 18.9. The van der Waals surface area contributed by atoms with Crippen molar-refractivity contribution < 1.29 is 9.59 Å². The Morgan fingerprint density at radius 1 is 1.45 bits per heavy atom. The van der Waals surface area contributed by atoms with Gasteiger partial charge in [-0.3, -0.25) is 9.59 Å². The van der Waals surface area contributed by atoms with Gasteiger partial charge in [0.25, 0.3) is 0 Å². The number of hydrogen-bond acceptors (Lipinski definition) is 3. The van der Waals surface area contributed by atoms with Crippen LogP contribution >= 0.6 is 28.3 Å². The van der Waals surface area contributed by atoms with Crippen molar-refractivity contribution in [2.75, 3.05) is 25.5 Å². The van der Waals surface area contributed by atoms with Crippen molar-refractivity contribution in [1.29, 1.82) is 0 Å². The number of carbonyl (C=O) groups is 2. The molecule has 122 valence electrons. The Morgan fingerprint density at radius 3 is 2.77 bits per heavy atom. The van der Waals surface area contributed by atoms with Gasteiger partial charge in [-0.25, -0.2) is 0 Å². The normalized spacial score (nSPS) is 16.8. The second-order valence-electron chi connectivity index (χ2n) is 5.35. The minimum absolute atomic E-state index is 0. The van der Waals surface area contributed by atoms with Crippen LogP contribution in [0, 0.1) is 6.92 Å². The molecular weight excluding hydrogens is 370 g/mol. The molecule has 5 nitrogen and oxygen atoms in total. The summed E-state index contributed by atoms with van der Waals surface area (Å²) in [6.45, 7) is 2.86. The average molecular weight is 391 g/mol. The van der Waals surface area contributed by atoms with Crippen LogP contribution in [-0.4, -0.2) is 42.9 Å². The lowest BCUT2D eigenvalue weighted by Crippen LogP contribution is -2.44. The number of nitrogens with one attached hydrogen (secondary N) is 2. The Morgan fingerprint density at radius 2 is 2.18 bits per heavy atom. The molecule has 0 aromatic heterocycles. The Bertz CT molecular complexity index is 548. The molecule has 0 aliphatic carbocycles. The van der Waals surface area contributed by atoms with Gasteiger partial charge >= 0.3 is 0 Å². The molecular formula is C15H21BrClN3O2. The minimum Gasteiger partial charge on any atom is -0.335 e. The van der Waals surface area contributed by atoms with E-state index < -0.39 is 0 Å². The summed E-state index contributed by atoms with van der Waals surface area (Å²) >= 11 is 3.39. The first-order valence-corrected chi connectivity index (χ1v) is 7.81. The fraction of sp³-hybridized carbons (Fsp3) is 0.467. The van der Waals surface area contributed by atoms with E-state index in [2.05, 4.69) is 26.6 Å². The molecule has 1 aromatic rings. The summed E-state index contributed by atoms with van der Waals surface area (Å²) in [5.41, 5.74) is 1.74. The summed E-state index contributed by atoms with van der Waals surface area (Å²) in [7, 11) is 1.66. The number of benzene rings is 1. The summed E-state index contributed by atoms with van der Waals surface area (Å²) in [4.78, 5) is 25.6. The van der Waals surface area contributed by atoms with Crippen LogP contribution < -0.4 is 10.6 Å². The molecule has 1 aromatic carbocycles. The number of hydrogen-bond donors (Lipinski definition) is 2. The Hall–Kier alpha value is -1.11. The predicted molar refractivity (Wildman–Crippen MR) is 93.4 cm³/mol. The smallest absolute Gasteiger partial charge is 0.243 e. The zero-order valence-corrected chi connectivity index (χ0v) is 15.1. The summed E-state index contributed by atoms with van der Waals surface area (Å²) in [5.74, 6) is -0.204. The second-order valence-corrected chi connectivity index (χ2v) is 6.27. The first-order chi connectivity index (χ1) is 9.97. The third-order valence-electron chi connectivity index (χ3n) is 3.58. The van der Waals surface area contributed by atoms with Gasteiger partial charge in [0.2, 0.25) is 11.8 Å². The van der Waals surface area contributed by atoms with Gasteiger partial charge in [-0.15, -0.1) is 12.4 Å². The molecule has 0 spiro atoms. The maximum Gasteiger partial charge on any atom is 0.243 e. The lowest BCUT2D eigenvalue weighted by molar-refractivity contribution is -0.134. The molecule has 0 radical (unpaired) electrons. The van der Waals surface area contributed by atoms with Gasteiger partial charge in [0.1, 0.15) is 0 Å². The SMILES string of the molecule is Cc1cc(Br)ccc1NC(=O)CN(C)C(=O)C1CCCN1.Cl. The van der Waals surface area contributed by atoms with Crippen molar-refractivity contribution in [3.63, 3.8) is 0 Å². The monoisotopic (exact) mass is 389 g/mol. The maximum atomic E-state index is 12.1. The fourth-order valence-corrected chi connectivity index (χ4v) is 2.89. The molecule has 1 unspecified atom stereocenters. The van der Waals surface area contributed by atoms with Crippen LogP contribution in [0.1, 0.15) is 18.4 Å². The first-order valence-electron chi connectivity index (χ1n) is 7.02. The van der Waals surface area contributed by atoms with Crippen molar-refractivity contribution in [2.24, 2.45) is 0 Å². The van der Waals surface area contributed by atoms with Crippen molar-refractivity contribution in [1.82, 2.24) is 10.2 Å². The van der Waals surface area contributed by atoms with Crippen LogP contribution in [0.5, 0.6) is 0 Å². The summed E-state index contributed by atoms with van der Waals surface area (Å²) in [6.07, 6.45) is 1.85. The highest BCUT2D eigenvalue weighted by Crippen LogP contribution is 2.20. The van der Waals surface area contributed by atoms with Crippen LogP contribution in [0.4, 0.5) is 5.69 Å². The molecule has 1 saturated heterocycles. The van der Waals surface area contributed by atoms with Gasteiger partial charge in [-0.05, 0) is 50.1 Å². The van der Waals surface area contributed by atoms with E-state index in [0.717, 1.165) is 35.1 Å². The quantitative estimate of drug-likeness (QED) is 0.829. The van der Waals surface area contributed by atoms with Crippen molar-refractivity contribution in [2.45, 2.75) is 25.8 Å². The van der Waals surface area contributed by atoms with E-state index in [0.29, 0.717) is 0 Å². The molecule has 1 heterocycles. The van der Waals surface area contributed by atoms with E-state index in [1.54, 1.807) is 7.05 Å². The number of nitrogens with zero attached hydrogens (tertiary/aromatic N) is 1. The molecule has 1 fully saturated rings. The van der Waals surface area contributed by atoms with Crippen LogP contribution in [0.15, 0.2) is 22.7 Å². The van der Waals surface area contributed by atoms with Crippen molar-refractivity contribution >= 4 is 45.8 Å². The molecule has 22 heavy (non-hydrogen) atoms. The summed E-state index contributed by atoms with van der Waals surface area (Å²) in [5, 5.41) is 5.99. The Kier molecular flexibility index (Phi) is 7.32. The fourth-order valence-electron chi connectivity index (χ4n) is 2.41. The maximum absolute atomic E-state index is 12.1. The number of rotatable bonds is 4. The number of halogens is 2. The molecule has 0 bridgehead atoms. The van der Waals surface area contributed by atoms with E-state index >= 15 is 0 Å². The topological polar surface area (TPSA) is 61.4 Å². The number of aryl methyl sites for hydroxylation is 1. The van der Waals surface area contributed by atoms with E-state index in [1.165, 1.54) is 4.90 Å². The van der Waals surface area contributed by atoms with E-state index in [4.69, 9.17) is 0 Å². The van der Waals surface area contributed by atoms with Gasteiger partial charge in [0, 0.05) is 17.2 Å². The lowest BCUT2D eigenvalue weighted by atomic mass is 10.2. The molecule has 1 atom stereocenters.